The average Bonchev–Trinajstić information content (AvgIpc) is 3.10. The number of hydrogen-bond acceptors (Lipinski definition) is 5. The number of rotatable bonds is 6. The van der Waals surface area contributed by atoms with Gasteiger partial charge in [0, 0.05) is 12.3 Å². The van der Waals surface area contributed by atoms with Crippen molar-refractivity contribution in [2.75, 3.05) is 12.0 Å². The Morgan fingerprint density at radius 1 is 1.15 bits per heavy atom. The summed E-state index contributed by atoms with van der Waals surface area (Å²) in [4.78, 5) is 18.4. The third-order valence-electron chi connectivity index (χ3n) is 3.58. The minimum absolute atomic E-state index is 0.131. The maximum Gasteiger partial charge on any atom is 0.230 e. The molecule has 7 heteroatoms. The summed E-state index contributed by atoms with van der Waals surface area (Å²) in [5.74, 6) is 1.30. The van der Waals surface area contributed by atoms with Gasteiger partial charge in [-0.25, -0.2) is 4.98 Å². The molecule has 0 saturated heterocycles. The topological polar surface area (TPSA) is 51.7 Å². The molecule has 0 aliphatic carbocycles. The molecule has 2 aromatic carbocycles. The van der Waals surface area contributed by atoms with E-state index in [-0.39, 0.29) is 5.91 Å². The van der Waals surface area contributed by atoms with Crippen LogP contribution in [0.25, 0.3) is 0 Å². The van der Waals surface area contributed by atoms with Crippen LogP contribution in [0.2, 0.25) is 0 Å². The lowest BCUT2D eigenvalue weighted by atomic mass is 10.2. The van der Waals surface area contributed by atoms with Crippen LogP contribution in [0.3, 0.4) is 0 Å². The Kier molecular flexibility index (Phi) is 6.10. The van der Waals surface area contributed by atoms with Crippen LogP contribution in [0, 0.1) is 3.57 Å². The molecule has 0 saturated carbocycles. The maximum absolute atomic E-state index is 12.3. The highest BCUT2D eigenvalue weighted by Gasteiger charge is 2.21. The zero-order valence-electron chi connectivity index (χ0n) is 14.3. The SMILES string of the molecule is COc1ccccc1N(C(C)=O)c1nc(COc2ccccc2I)cs1. The molecule has 134 valence electrons. The van der Waals surface area contributed by atoms with Gasteiger partial charge in [-0.2, -0.15) is 0 Å². The fourth-order valence-corrected chi connectivity index (χ4v) is 3.81. The molecule has 0 aliphatic rings. The highest BCUT2D eigenvalue weighted by atomic mass is 127. The fourth-order valence-electron chi connectivity index (χ4n) is 2.40. The quantitative estimate of drug-likeness (QED) is 0.465. The van der Waals surface area contributed by atoms with Gasteiger partial charge in [0.1, 0.15) is 18.1 Å². The normalized spacial score (nSPS) is 10.4. The largest absolute Gasteiger partial charge is 0.495 e. The predicted molar refractivity (Wildman–Crippen MR) is 111 cm³/mol. The van der Waals surface area contributed by atoms with Gasteiger partial charge in [0.25, 0.3) is 0 Å². The Morgan fingerprint density at radius 2 is 1.85 bits per heavy atom. The third kappa shape index (κ3) is 4.16. The molecule has 3 aromatic rings. The van der Waals surface area contributed by atoms with E-state index in [1.165, 1.54) is 18.3 Å². The number of nitrogens with zero attached hydrogens (tertiary/aromatic N) is 2. The van der Waals surface area contributed by atoms with Gasteiger partial charge < -0.3 is 9.47 Å². The van der Waals surface area contributed by atoms with E-state index in [1.807, 2.05) is 53.9 Å². The summed E-state index contributed by atoms with van der Waals surface area (Å²) < 4.78 is 12.3. The molecule has 1 aromatic heterocycles. The van der Waals surface area contributed by atoms with E-state index < -0.39 is 0 Å². The first-order valence-corrected chi connectivity index (χ1v) is 9.81. The first-order valence-electron chi connectivity index (χ1n) is 7.85. The van der Waals surface area contributed by atoms with E-state index in [1.54, 1.807) is 12.0 Å². The van der Waals surface area contributed by atoms with Crippen molar-refractivity contribution in [2.45, 2.75) is 13.5 Å². The van der Waals surface area contributed by atoms with Crippen molar-refractivity contribution in [3.8, 4) is 11.5 Å². The van der Waals surface area contributed by atoms with Crippen LogP contribution in [0.15, 0.2) is 53.9 Å². The second kappa shape index (κ2) is 8.50. The minimum Gasteiger partial charge on any atom is -0.495 e. The lowest BCUT2D eigenvalue weighted by Gasteiger charge is -2.20. The minimum atomic E-state index is -0.131. The number of methoxy groups -OCH3 is 1. The van der Waals surface area contributed by atoms with Crippen LogP contribution < -0.4 is 14.4 Å². The molecule has 1 amide bonds. The summed E-state index contributed by atoms with van der Waals surface area (Å²) in [6, 6.07) is 15.2. The number of aromatic nitrogens is 1. The van der Waals surface area contributed by atoms with Crippen LogP contribution >= 0.6 is 33.9 Å². The van der Waals surface area contributed by atoms with Gasteiger partial charge in [0.2, 0.25) is 5.91 Å². The first-order chi connectivity index (χ1) is 12.6. The van der Waals surface area contributed by atoms with Crippen molar-refractivity contribution in [1.82, 2.24) is 4.98 Å². The highest BCUT2D eigenvalue weighted by molar-refractivity contribution is 14.1. The van der Waals surface area contributed by atoms with E-state index in [2.05, 4.69) is 27.6 Å². The van der Waals surface area contributed by atoms with Gasteiger partial charge in [0.15, 0.2) is 5.13 Å². The van der Waals surface area contributed by atoms with E-state index >= 15 is 0 Å². The summed E-state index contributed by atoms with van der Waals surface area (Å²) >= 11 is 3.63. The van der Waals surface area contributed by atoms with Gasteiger partial charge in [-0.1, -0.05) is 24.3 Å². The molecular weight excluding hydrogens is 463 g/mol. The number of hydrogen-bond donors (Lipinski definition) is 0. The van der Waals surface area contributed by atoms with Crippen molar-refractivity contribution in [1.29, 1.82) is 0 Å². The Labute approximate surface area is 169 Å². The summed E-state index contributed by atoms with van der Waals surface area (Å²) in [5, 5.41) is 2.49. The molecule has 3 rings (SSSR count). The molecule has 0 radical (unpaired) electrons. The van der Waals surface area contributed by atoms with Crippen LogP contribution in [0.1, 0.15) is 12.6 Å². The Morgan fingerprint density at radius 3 is 2.54 bits per heavy atom. The highest BCUT2D eigenvalue weighted by Crippen LogP contribution is 2.35. The summed E-state index contributed by atoms with van der Waals surface area (Å²) in [6.45, 7) is 1.85. The predicted octanol–water partition coefficient (Wildman–Crippen LogP) is 5.02. The molecule has 0 unspecified atom stereocenters. The second-order valence-corrected chi connectivity index (χ2v) is 7.37. The summed E-state index contributed by atoms with van der Waals surface area (Å²) in [6.07, 6.45) is 0. The molecule has 0 aliphatic heterocycles. The van der Waals surface area contributed by atoms with Crippen LogP contribution in [0.5, 0.6) is 11.5 Å². The number of carbonyl (C=O) groups excluding carboxylic acids is 1. The van der Waals surface area contributed by atoms with Gasteiger partial charge in [-0.05, 0) is 46.9 Å². The monoisotopic (exact) mass is 480 g/mol. The Bertz CT molecular complexity index is 913. The molecule has 0 N–H and O–H groups in total. The van der Waals surface area contributed by atoms with Crippen LogP contribution in [-0.2, 0) is 11.4 Å². The van der Waals surface area contributed by atoms with Crippen molar-refractivity contribution in [3.05, 3.63) is 63.2 Å². The fraction of sp³-hybridized carbons (Fsp3) is 0.158. The number of thiazole rings is 1. The van der Waals surface area contributed by atoms with Gasteiger partial charge in [-0.3, -0.25) is 9.69 Å². The number of amides is 1. The number of ether oxygens (including phenoxy) is 2. The first kappa shape index (κ1) is 18.7. The third-order valence-corrected chi connectivity index (χ3v) is 5.35. The molecule has 0 spiro atoms. The van der Waals surface area contributed by atoms with E-state index in [9.17, 15) is 4.79 Å². The van der Waals surface area contributed by atoms with E-state index in [0.717, 1.165) is 15.0 Å². The molecule has 0 bridgehead atoms. The van der Waals surface area contributed by atoms with E-state index in [4.69, 9.17) is 9.47 Å². The Hall–Kier alpha value is -2.13. The van der Waals surface area contributed by atoms with E-state index in [0.29, 0.717) is 23.2 Å². The lowest BCUT2D eigenvalue weighted by molar-refractivity contribution is -0.115. The van der Waals surface area contributed by atoms with Crippen LogP contribution in [-0.4, -0.2) is 18.0 Å². The summed E-state index contributed by atoms with van der Waals surface area (Å²) in [7, 11) is 1.58. The molecule has 0 fully saturated rings. The van der Waals surface area contributed by atoms with Gasteiger partial charge in [0.05, 0.1) is 22.1 Å². The van der Waals surface area contributed by atoms with Crippen molar-refractivity contribution < 1.29 is 14.3 Å². The zero-order valence-corrected chi connectivity index (χ0v) is 17.3. The standard InChI is InChI=1S/C19H17IN2O3S/c1-13(23)22(16-8-4-6-10-18(16)24-2)19-21-14(12-26-19)11-25-17-9-5-3-7-15(17)20/h3-10,12H,11H2,1-2H3. The van der Waals surface area contributed by atoms with Gasteiger partial charge in [-0.15, -0.1) is 11.3 Å². The number of benzene rings is 2. The van der Waals surface area contributed by atoms with Crippen molar-refractivity contribution in [2.24, 2.45) is 0 Å². The smallest absolute Gasteiger partial charge is 0.230 e. The summed E-state index contributed by atoms with van der Waals surface area (Å²) in [5.41, 5.74) is 1.44. The van der Waals surface area contributed by atoms with Crippen molar-refractivity contribution >= 4 is 50.7 Å². The zero-order chi connectivity index (χ0) is 18.5. The molecule has 1 heterocycles. The number of halogens is 1. The average molecular weight is 480 g/mol. The second-order valence-electron chi connectivity index (χ2n) is 5.37. The molecule has 26 heavy (non-hydrogen) atoms. The van der Waals surface area contributed by atoms with Crippen molar-refractivity contribution in [3.63, 3.8) is 0 Å². The number of para-hydroxylation sites is 3. The number of carbonyl (C=O) groups is 1. The van der Waals surface area contributed by atoms with Crippen LogP contribution in [0.4, 0.5) is 10.8 Å². The number of anilines is 2. The molecule has 5 nitrogen and oxygen atoms in total. The van der Waals surface area contributed by atoms with Gasteiger partial charge >= 0.3 is 0 Å². The molecular formula is C19H17IN2O3S. The Balaban J connectivity index is 1.82. The maximum atomic E-state index is 12.3. The lowest BCUT2D eigenvalue weighted by Crippen LogP contribution is -2.23. The molecule has 0 atom stereocenters.